The lowest BCUT2D eigenvalue weighted by molar-refractivity contribution is 0.102. The first-order valence-corrected chi connectivity index (χ1v) is 8.28. The Morgan fingerprint density at radius 1 is 1.20 bits per heavy atom. The number of hydrogen-bond donors (Lipinski definition) is 1. The molecule has 126 valence electrons. The van der Waals surface area contributed by atoms with Crippen LogP contribution in [-0.4, -0.2) is 20.7 Å². The molecule has 1 aromatic carbocycles. The summed E-state index contributed by atoms with van der Waals surface area (Å²) in [6.45, 7) is 0. The molecule has 1 N–H and O–H groups in total. The van der Waals surface area contributed by atoms with Gasteiger partial charge in [0, 0.05) is 17.7 Å². The number of benzene rings is 1. The van der Waals surface area contributed by atoms with E-state index in [1.807, 2.05) is 6.07 Å². The van der Waals surface area contributed by atoms with Gasteiger partial charge in [0.1, 0.15) is 11.4 Å². The summed E-state index contributed by atoms with van der Waals surface area (Å²) >= 11 is 6.14. The lowest BCUT2D eigenvalue weighted by Crippen LogP contribution is -2.14. The van der Waals surface area contributed by atoms with E-state index in [9.17, 15) is 9.18 Å². The summed E-state index contributed by atoms with van der Waals surface area (Å²) < 4.78 is 16.0. The van der Waals surface area contributed by atoms with Crippen molar-refractivity contribution in [3.63, 3.8) is 0 Å². The summed E-state index contributed by atoms with van der Waals surface area (Å²) in [5, 5.41) is 6.86. The maximum absolute atomic E-state index is 14.5. The number of amides is 1. The van der Waals surface area contributed by atoms with Crippen molar-refractivity contribution in [3.05, 3.63) is 71.0 Å². The number of rotatable bonds is 4. The summed E-state index contributed by atoms with van der Waals surface area (Å²) in [5.74, 6) is -0.969. The molecule has 2 heterocycles. The lowest BCUT2D eigenvalue weighted by Gasteiger charge is -2.10. The van der Waals surface area contributed by atoms with Crippen LogP contribution >= 0.6 is 11.6 Å². The van der Waals surface area contributed by atoms with Gasteiger partial charge in [-0.3, -0.25) is 4.79 Å². The largest absolute Gasteiger partial charge is 0.317 e. The average molecular weight is 357 g/mol. The number of aromatic nitrogens is 3. The molecule has 1 amide bonds. The molecule has 0 saturated heterocycles. The highest BCUT2D eigenvalue weighted by Gasteiger charge is 2.34. The van der Waals surface area contributed by atoms with E-state index in [1.54, 1.807) is 42.6 Å². The standard InChI is InChI=1S/C18H14ClFN4O/c19-16-13(7-4-10-21-16)24-15(11-8-9-11)14(17(20)23-24)22-18(25)12-5-2-1-3-6-12/h1-7,10-11H,8-9H2,(H,22,25). The Labute approximate surface area is 148 Å². The highest BCUT2D eigenvalue weighted by Crippen LogP contribution is 2.45. The summed E-state index contributed by atoms with van der Waals surface area (Å²) in [6.07, 6.45) is 3.38. The third kappa shape index (κ3) is 3.00. The van der Waals surface area contributed by atoms with Gasteiger partial charge in [-0.25, -0.2) is 9.67 Å². The van der Waals surface area contributed by atoms with E-state index in [1.165, 1.54) is 4.68 Å². The average Bonchev–Trinajstić information content (AvgIpc) is 3.41. The summed E-state index contributed by atoms with van der Waals surface area (Å²) in [5.41, 5.74) is 1.67. The van der Waals surface area contributed by atoms with Crippen LogP contribution in [0.4, 0.5) is 10.1 Å². The van der Waals surface area contributed by atoms with E-state index in [4.69, 9.17) is 11.6 Å². The number of hydrogen-bond acceptors (Lipinski definition) is 3. The predicted octanol–water partition coefficient (Wildman–Crippen LogP) is 4.19. The zero-order chi connectivity index (χ0) is 17.4. The van der Waals surface area contributed by atoms with Crippen LogP contribution in [0.15, 0.2) is 48.7 Å². The van der Waals surface area contributed by atoms with Crippen molar-refractivity contribution in [2.24, 2.45) is 0 Å². The van der Waals surface area contributed by atoms with Crippen molar-refractivity contribution in [1.82, 2.24) is 14.8 Å². The molecule has 1 aliphatic rings. The van der Waals surface area contributed by atoms with Crippen molar-refractivity contribution in [3.8, 4) is 5.69 Å². The zero-order valence-corrected chi connectivity index (χ0v) is 13.9. The summed E-state index contributed by atoms with van der Waals surface area (Å²) in [7, 11) is 0. The summed E-state index contributed by atoms with van der Waals surface area (Å²) in [4.78, 5) is 16.4. The summed E-state index contributed by atoms with van der Waals surface area (Å²) in [6, 6.07) is 12.1. The zero-order valence-electron chi connectivity index (χ0n) is 13.1. The van der Waals surface area contributed by atoms with E-state index in [0.717, 1.165) is 12.8 Å². The van der Waals surface area contributed by atoms with Gasteiger partial charge in [-0.15, -0.1) is 5.10 Å². The van der Waals surface area contributed by atoms with E-state index < -0.39 is 5.95 Å². The number of carbonyl (C=O) groups excluding carboxylic acids is 1. The van der Waals surface area contributed by atoms with Gasteiger partial charge in [-0.05, 0) is 37.1 Å². The second-order valence-corrected chi connectivity index (χ2v) is 6.23. The topological polar surface area (TPSA) is 59.8 Å². The highest BCUT2D eigenvalue weighted by atomic mass is 35.5. The molecule has 25 heavy (non-hydrogen) atoms. The normalized spacial score (nSPS) is 13.7. The molecule has 1 aliphatic carbocycles. The molecule has 2 aromatic heterocycles. The van der Waals surface area contributed by atoms with E-state index in [2.05, 4.69) is 15.4 Å². The molecule has 1 saturated carbocycles. The van der Waals surface area contributed by atoms with Crippen LogP contribution < -0.4 is 5.32 Å². The Hall–Kier alpha value is -2.73. The van der Waals surface area contributed by atoms with Gasteiger partial charge in [-0.1, -0.05) is 29.8 Å². The van der Waals surface area contributed by atoms with Crippen molar-refractivity contribution < 1.29 is 9.18 Å². The van der Waals surface area contributed by atoms with E-state index in [-0.39, 0.29) is 22.7 Å². The smallest absolute Gasteiger partial charge is 0.256 e. The van der Waals surface area contributed by atoms with Gasteiger partial charge in [0.05, 0.1) is 5.69 Å². The lowest BCUT2D eigenvalue weighted by atomic mass is 10.2. The first-order chi connectivity index (χ1) is 12.1. The quantitative estimate of drug-likeness (QED) is 0.713. The number of nitrogens with zero attached hydrogens (tertiary/aromatic N) is 3. The Balaban J connectivity index is 1.76. The van der Waals surface area contributed by atoms with Crippen LogP contribution in [0.1, 0.15) is 34.8 Å². The number of anilines is 1. The SMILES string of the molecule is O=C(Nc1c(F)nn(-c2cccnc2Cl)c1C1CC1)c1ccccc1. The van der Waals surface area contributed by atoms with Gasteiger partial charge in [-0.2, -0.15) is 4.39 Å². The molecule has 7 heteroatoms. The number of halogens is 2. The minimum Gasteiger partial charge on any atom is -0.317 e. The first kappa shape index (κ1) is 15.8. The minimum atomic E-state index is -0.730. The second-order valence-electron chi connectivity index (χ2n) is 5.87. The molecule has 5 nitrogen and oxygen atoms in total. The predicted molar refractivity (Wildman–Crippen MR) is 92.7 cm³/mol. The van der Waals surface area contributed by atoms with Crippen LogP contribution in [-0.2, 0) is 0 Å². The van der Waals surface area contributed by atoms with Crippen molar-refractivity contribution in [2.45, 2.75) is 18.8 Å². The van der Waals surface area contributed by atoms with Gasteiger partial charge in [0.2, 0.25) is 0 Å². The van der Waals surface area contributed by atoms with Crippen LogP contribution in [0.3, 0.4) is 0 Å². The Kier molecular flexibility index (Phi) is 3.97. The van der Waals surface area contributed by atoms with Crippen LogP contribution in [0.25, 0.3) is 5.69 Å². The van der Waals surface area contributed by atoms with Gasteiger partial charge < -0.3 is 5.32 Å². The maximum Gasteiger partial charge on any atom is 0.256 e. The molecule has 0 spiro atoms. The Morgan fingerprint density at radius 2 is 1.96 bits per heavy atom. The molecule has 0 bridgehead atoms. The van der Waals surface area contributed by atoms with E-state index >= 15 is 0 Å². The van der Waals surface area contributed by atoms with Crippen molar-refractivity contribution >= 4 is 23.2 Å². The van der Waals surface area contributed by atoms with Crippen LogP contribution in [0.2, 0.25) is 5.15 Å². The van der Waals surface area contributed by atoms with Gasteiger partial charge >= 0.3 is 0 Å². The molecule has 1 fully saturated rings. The third-order valence-corrected chi connectivity index (χ3v) is 4.38. The fraction of sp³-hybridized carbons (Fsp3) is 0.167. The molecular weight excluding hydrogens is 343 g/mol. The highest BCUT2D eigenvalue weighted by molar-refractivity contribution is 6.31. The second kappa shape index (κ2) is 6.29. The molecule has 3 aromatic rings. The molecule has 4 rings (SSSR count). The van der Waals surface area contributed by atoms with Crippen LogP contribution in [0.5, 0.6) is 0 Å². The minimum absolute atomic E-state index is 0.108. The van der Waals surface area contributed by atoms with Crippen LogP contribution in [0, 0.1) is 5.95 Å². The third-order valence-electron chi connectivity index (χ3n) is 4.08. The molecule has 0 atom stereocenters. The Bertz CT molecular complexity index is 938. The maximum atomic E-state index is 14.5. The molecule has 0 radical (unpaired) electrons. The van der Waals surface area contributed by atoms with Gasteiger partial charge in [0.15, 0.2) is 5.15 Å². The molecular formula is C18H14ClFN4O. The van der Waals surface area contributed by atoms with Gasteiger partial charge in [0.25, 0.3) is 11.9 Å². The number of carbonyl (C=O) groups is 1. The Morgan fingerprint density at radius 3 is 2.64 bits per heavy atom. The number of nitrogens with one attached hydrogen (secondary N) is 1. The van der Waals surface area contributed by atoms with Crippen molar-refractivity contribution in [1.29, 1.82) is 0 Å². The number of pyridine rings is 1. The molecule has 0 unspecified atom stereocenters. The first-order valence-electron chi connectivity index (χ1n) is 7.91. The fourth-order valence-corrected chi connectivity index (χ4v) is 2.95. The van der Waals surface area contributed by atoms with E-state index in [0.29, 0.717) is 16.9 Å². The fourth-order valence-electron chi connectivity index (χ4n) is 2.75. The van der Waals surface area contributed by atoms with Crippen molar-refractivity contribution in [2.75, 3.05) is 5.32 Å². The monoisotopic (exact) mass is 356 g/mol. The molecule has 0 aliphatic heterocycles.